The second-order valence-electron chi connectivity index (χ2n) is 1.65. The Balaban J connectivity index is 4.19. The summed E-state index contributed by atoms with van der Waals surface area (Å²) in [7, 11) is 4.80. The van der Waals surface area contributed by atoms with Gasteiger partial charge in [0.15, 0.2) is 0 Å². The summed E-state index contributed by atoms with van der Waals surface area (Å²) in [6.45, 7) is 0. The molecule has 0 spiro atoms. The van der Waals surface area contributed by atoms with Crippen molar-refractivity contribution in [1.29, 1.82) is 0 Å². The van der Waals surface area contributed by atoms with E-state index in [1.165, 1.54) is 11.9 Å². The molecule has 0 radical (unpaired) electrons. The number of amidine groups is 1. The Labute approximate surface area is 56.9 Å². The highest BCUT2D eigenvalue weighted by Gasteiger charge is 2.05. The van der Waals surface area contributed by atoms with E-state index in [0.29, 0.717) is 0 Å². The number of nitrogens with zero attached hydrogens (tertiary/aromatic N) is 2. The first kappa shape index (κ1) is 8.58. The molecule has 0 aliphatic heterocycles. The van der Waals surface area contributed by atoms with E-state index in [1.54, 1.807) is 14.1 Å². The second kappa shape index (κ2) is 3.58. The zero-order valence-electron chi connectivity index (χ0n) is 5.66. The SMILES string of the molecule is CN=C(N(C)C)S(=O)O. The van der Waals surface area contributed by atoms with Crippen molar-refractivity contribution in [2.75, 3.05) is 21.1 Å². The number of aliphatic imine (C=N–C) groups is 1. The monoisotopic (exact) mass is 150 g/mol. The van der Waals surface area contributed by atoms with Gasteiger partial charge in [0.2, 0.25) is 16.2 Å². The minimum Gasteiger partial charge on any atom is -0.354 e. The molecule has 0 amide bonds. The fourth-order valence-corrected chi connectivity index (χ4v) is 0.903. The van der Waals surface area contributed by atoms with Gasteiger partial charge in [-0.25, -0.2) is 4.21 Å². The average Bonchev–Trinajstić information content (AvgIpc) is 1.64. The molecule has 0 aromatic rings. The minimum atomic E-state index is -1.96. The van der Waals surface area contributed by atoms with E-state index in [0.717, 1.165) is 0 Å². The Morgan fingerprint density at radius 3 is 2.11 bits per heavy atom. The van der Waals surface area contributed by atoms with Gasteiger partial charge in [-0.1, -0.05) is 0 Å². The highest BCUT2D eigenvalue weighted by Crippen LogP contribution is 1.85. The molecule has 0 saturated heterocycles. The van der Waals surface area contributed by atoms with Crippen LogP contribution in [0.25, 0.3) is 0 Å². The Morgan fingerprint density at radius 1 is 1.67 bits per heavy atom. The van der Waals surface area contributed by atoms with Crippen LogP contribution in [0.1, 0.15) is 0 Å². The van der Waals surface area contributed by atoms with E-state index in [-0.39, 0.29) is 5.17 Å². The van der Waals surface area contributed by atoms with Crippen LogP contribution in [0.4, 0.5) is 0 Å². The van der Waals surface area contributed by atoms with Crippen LogP contribution >= 0.6 is 0 Å². The van der Waals surface area contributed by atoms with Gasteiger partial charge in [0, 0.05) is 21.1 Å². The van der Waals surface area contributed by atoms with Crippen molar-refractivity contribution in [3.05, 3.63) is 0 Å². The summed E-state index contributed by atoms with van der Waals surface area (Å²) >= 11 is -1.96. The van der Waals surface area contributed by atoms with Gasteiger partial charge in [-0.3, -0.25) is 9.55 Å². The van der Waals surface area contributed by atoms with Gasteiger partial charge in [0.05, 0.1) is 0 Å². The van der Waals surface area contributed by atoms with Crippen molar-refractivity contribution in [2.45, 2.75) is 0 Å². The van der Waals surface area contributed by atoms with E-state index in [2.05, 4.69) is 4.99 Å². The third-order valence-corrected chi connectivity index (χ3v) is 1.59. The molecule has 9 heavy (non-hydrogen) atoms. The summed E-state index contributed by atoms with van der Waals surface area (Å²) in [5.74, 6) is 0. The maximum absolute atomic E-state index is 10.3. The van der Waals surface area contributed by atoms with Gasteiger partial charge in [0.25, 0.3) is 0 Å². The fourth-order valence-electron chi connectivity index (χ4n) is 0.434. The molecule has 4 nitrogen and oxygen atoms in total. The standard InChI is InChI=1S/C4H10N2O2S/c1-5-4(6(2)3)9(7)8/h1-3H3,(H,7,8). The Bertz CT molecular complexity index is 144. The summed E-state index contributed by atoms with van der Waals surface area (Å²) in [6, 6.07) is 0. The van der Waals surface area contributed by atoms with Crippen molar-refractivity contribution in [3.8, 4) is 0 Å². The third-order valence-electron chi connectivity index (χ3n) is 0.730. The molecule has 1 unspecified atom stereocenters. The van der Waals surface area contributed by atoms with Gasteiger partial charge < -0.3 is 4.90 Å². The molecule has 0 aromatic carbocycles. The van der Waals surface area contributed by atoms with Crippen LogP contribution in [-0.4, -0.2) is 40.0 Å². The molecular formula is C4H10N2O2S. The van der Waals surface area contributed by atoms with Gasteiger partial charge in [-0.2, -0.15) is 0 Å². The molecule has 54 valence electrons. The molecule has 5 heteroatoms. The summed E-state index contributed by atoms with van der Waals surface area (Å²) in [5.41, 5.74) is 0. The quantitative estimate of drug-likeness (QED) is 0.294. The average molecular weight is 150 g/mol. The number of rotatable bonds is 0. The Hall–Kier alpha value is -0.420. The summed E-state index contributed by atoms with van der Waals surface area (Å²) in [4.78, 5) is 5.08. The van der Waals surface area contributed by atoms with Crippen LogP contribution in [0.2, 0.25) is 0 Å². The van der Waals surface area contributed by atoms with Crippen LogP contribution in [-0.2, 0) is 11.1 Å². The molecule has 0 aliphatic carbocycles. The minimum absolute atomic E-state index is 0.176. The Morgan fingerprint density at radius 2 is 2.11 bits per heavy atom. The van der Waals surface area contributed by atoms with E-state index < -0.39 is 11.1 Å². The van der Waals surface area contributed by atoms with Gasteiger partial charge in [-0.05, 0) is 0 Å². The van der Waals surface area contributed by atoms with Crippen LogP contribution in [0.5, 0.6) is 0 Å². The normalized spacial score (nSPS) is 15.3. The summed E-state index contributed by atoms with van der Waals surface area (Å²) in [5, 5.41) is 0.176. The molecule has 0 heterocycles. The van der Waals surface area contributed by atoms with Crippen LogP contribution < -0.4 is 0 Å². The predicted molar refractivity (Wildman–Crippen MR) is 37.8 cm³/mol. The van der Waals surface area contributed by atoms with E-state index in [1.807, 2.05) is 0 Å². The third kappa shape index (κ3) is 2.57. The molecule has 0 aromatic heterocycles. The van der Waals surface area contributed by atoms with Crippen LogP contribution in [0, 0.1) is 0 Å². The van der Waals surface area contributed by atoms with Crippen LogP contribution in [0.3, 0.4) is 0 Å². The lowest BCUT2D eigenvalue weighted by Crippen LogP contribution is -2.25. The van der Waals surface area contributed by atoms with Gasteiger partial charge in [-0.15, -0.1) is 0 Å². The molecule has 1 N–H and O–H groups in total. The highest BCUT2D eigenvalue weighted by molar-refractivity contribution is 7.95. The molecule has 0 bridgehead atoms. The van der Waals surface area contributed by atoms with Crippen LogP contribution in [0.15, 0.2) is 4.99 Å². The fraction of sp³-hybridized carbons (Fsp3) is 0.750. The predicted octanol–water partition coefficient (Wildman–Crippen LogP) is -0.244. The van der Waals surface area contributed by atoms with Crippen molar-refractivity contribution in [3.63, 3.8) is 0 Å². The van der Waals surface area contributed by atoms with Crippen molar-refractivity contribution in [1.82, 2.24) is 4.90 Å². The molecule has 0 aliphatic rings. The van der Waals surface area contributed by atoms with E-state index in [4.69, 9.17) is 4.55 Å². The van der Waals surface area contributed by atoms with Crippen molar-refractivity contribution in [2.24, 2.45) is 4.99 Å². The van der Waals surface area contributed by atoms with E-state index >= 15 is 0 Å². The zero-order valence-corrected chi connectivity index (χ0v) is 6.47. The first-order valence-corrected chi connectivity index (χ1v) is 3.45. The topological polar surface area (TPSA) is 52.9 Å². The lowest BCUT2D eigenvalue weighted by molar-refractivity contribution is 0.561. The van der Waals surface area contributed by atoms with Crippen molar-refractivity contribution < 1.29 is 8.76 Å². The largest absolute Gasteiger partial charge is 0.354 e. The molecule has 0 saturated carbocycles. The first-order chi connectivity index (χ1) is 4.09. The number of hydrogen-bond donors (Lipinski definition) is 1. The van der Waals surface area contributed by atoms with Crippen molar-refractivity contribution >= 4 is 16.2 Å². The lowest BCUT2D eigenvalue weighted by Gasteiger charge is -2.09. The zero-order chi connectivity index (χ0) is 7.44. The molecular weight excluding hydrogens is 140 g/mol. The maximum atomic E-state index is 10.3. The number of hydrogen-bond acceptors (Lipinski definition) is 2. The molecule has 1 atom stereocenters. The van der Waals surface area contributed by atoms with Gasteiger partial charge in [0.1, 0.15) is 0 Å². The highest BCUT2D eigenvalue weighted by atomic mass is 32.2. The first-order valence-electron chi connectivity index (χ1n) is 2.34. The maximum Gasteiger partial charge on any atom is 0.223 e. The van der Waals surface area contributed by atoms with E-state index in [9.17, 15) is 4.21 Å². The molecule has 0 fully saturated rings. The Kier molecular flexibility index (Phi) is 3.41. The second-order valence-corrected chi connectivity index (χ2v) is 2.51. The summed E-state index contributed by atoms with van der Waals surface area (Å²) < 4.78 is 18.8. The molecule has 0 rings (SSSR count). The van der Waals surface area contributed by atoms with Gasteiger partial charge >= 0.3 is 0 Å². The lowest BCUT2D eigenvalue weighted by atomic mass is 10.9. The smallest absolute Gasteiger partial charge is 0.223 e. The summed E-state index contributed by atoms with van der Waals surface area (Å²) in [6.07, 6.45) is 0.